The summed E-state index contributed by atoms with van der Waals surface area (Å²) in [6, 6.07) is 1.66. The highest BCUT2D eigenvalue weighted by Gasteiger charge is 2.27. The zero-order valence-corrected chi connectivity index (χ0v) is 12.2. The molecule has 3 heteroatoms. The van der Waals surface area contributed by atoms with Gasteiger partial charge in [-0.15, -0.1) is 0 Å². The summed E-state index contributed by atoms with van der Waals surface area (Å²) in [5.41, 5.74) is 1.21. The highest BCUT2D eigenvalue weighted by Crippen LogP contribution is 2.37. The van der Waals surface area contributed by atoms with E-state index in [0.29, 0.717) is 11.8 Å². The van der Waals surface area contributed by atoms with Crippen molar-refractivity contribution >= 4 is 0 Å². The summed E-state index contributed by atoms with van der Waals surface area (Å²) < 4.78 is 13.3. The Morgan fingerprint density at radius 2 is 2.00 bits per heavy atom. The Morgan fingerprint density at radius 3 is 2.68 bits per heavy atom. The molecule has 0 spiro atoms. The fourth-order valence-corrected chi connectivity index (χ4v) is 2.96. The van der Waals surface area contributed by atoms with Crippen molar-refractivity contribution in [2.75, 3.05) is 6.54 Å². The minimum absolute atomic E-state index is 0.141. The molecule has 1 aromatic heterocycles. The molecule has 0 aliphatic heterocycles. The van der Waals surface area contributed by atoms with Gasteiger partial charge >= 0.3 is 0 Å². The molecule has 0 aromatic carbocycles. The second kappa shape index (κ2) is 6.00. The van der Waals surface area contributed by atoms with Crippen LogP contribution in [0.15, 0.2) is 18.5 Å². The van der Waals surface area contributed by atoms with Crippen LogP contribution in [0.2, 0.25) is 0 Å². The van der Waals surface area contributed by atoms with E-state index in [0.717, 1.165) is 18.5 Å². The standard InChI is InChI=1S/C16H25FN2/c1-16(2,3)19-10-12-6-4-5-7-15(12)13-8-14(17)11-18-9-13/h8-9,11-12,15,19H,4-7,10H2,1-3H3. The number of nitrogens with zero attached hydrogens (tertiary/aromatic N) is 1. The third-order valence-corrected chi connectivity index (χ3v) is 3.96. The first-order chi connectivity index (χ1) is 8.96. The van der Waals surface area contributed by atoms with Crippen LogP contribution in [0, 0.1) is 11.7 Å². The summed E-state index contributed by atoms with van der Waals surface area (Å²) in [7, 11) is 0. The zero-order valence-electron chi connectivity index (χ0n) is 12.2. The summed E-state index contributed by atoms with van der Waals surface area (Å²) in [5, 5.41) is 3.59. The fraction of sp³-hybridized carbons (Fsp3) is 0.688. The number of pyridine rings is 1. The molecular weight excluding hydrogens is 239 g/mol. The molecule has 2 atom stereocenters. The van der Waals surface area contributed by atoms with Crippen LogP contribution in [0.4, 0.5) is 4.39 Å². The van der Waals surface area contributed by atoms with Gasteiger partial charge < -0.3 is 5.32 Å². The zero-order chi connectivity index (χ0) is 13.9. The SMILES string of the molecule is CC(C)(C)NCC1CCCCC1c1cncc(F)c1. The topological polar surface area (TPSA) is 24.9 Å². The van der Waals surface area contributed by atoms with Crippen LogP contribution in [0.1, 0.15) is 57.9 Å². The maximum atomic E-state index is 13.3. The lowest BCUT2D eigenvalue weighted by atomic mass is 9.75. The summed E-state index contributed by atoms with van der Waals surface area (Å²) in [5.74, 6) is 0.828. The Labute approximate surface area is 115 Å². The van der Waals surface area contributed by atoms with E-state index in [4.69, 9.17) is 0 Å². The first-order valence-corrected chi connectivity index (χ1v) is 7.31. The van der Waals surface area contributed by atoms with E-state index in [9.17, 15) is 4.39 Å². The Kier molecular flexibility index (Phi) is 4.56. The first kappa shape index (κ1) is 14.4. The Morgan fingerprint density at radius 1 is 1.26 bits per heavy atom. The van der Waals surface area contributed by atoms with Crippen molar-refractivity contribution in [3.8, 4) is 0 Å². The van der Waals surface area contributed by atoms with Gasteiger partial charge in [0, 0.05) is 11.7 Å². The molecule has 0 saturated heterocycles. The van der Waals surface area contributed by atoms with Gasteiger partial charge in [0.15, 0.2) is 0 Å². The molecule has 2 nitrogen and oxygen atoms in total. The average Bonchev–Trinajstić information content (AvgIpc) is 2.36. The Balaban J connectivity index is 2.07. The molecule has 106 valence electrons. The van der Waals surface area contributed by atoms with Crippen LogP contribution in [-0.4, -0.2) is 17.1 Å². The van der Waals surface area contributed by atoms with Gasteiger partial charge in [0.1, 0.15) is 5.82 Å². The molecule has 0 amide bonds. The molecular formula is C16H25FN2. The smallest absolute Gasteiger partial charge is 0.141 e. The van der Waals surface area contributed by atoms with E-state index in [1.54, 1.807) is 6.07 Å². The number of hydrogen-bond acceptors (Lipinski definition) is 2. The van der Waals surface area contributed by atoms with Crippen LogP contribution in [0.25, 0.3) is 0 Å². The monoisotopic (exact) mass is 264 g/mol. The molecule has 19 heavy (non-hydrogen) atoms. The van der Waals surface area contributed by atoms with Gasteiger partial charge in [-0.1, -0.05) is 12.8 Å². The number of rotatable bonds is 3. The molecule has 2 rings (SSSR count). The van der Waals surface area contributed by atoms with Gasteiger partial charge in [0.05, 0.1) is 6.20 Å². The maximum Gasteiger partial charge on any atom is 0.141 e. The summed E-state index contributed by atoms with van der Waals surface area (Å²) in [6.45, 7) is 7.57. The van der Waals surface area contributed by atoms with E-state index >= 15 is 0 Å². The molecule has 2 unspecified atom stereocenters. The molecule has 1 aliphatic rings. The van der Waals surface area contributed by atoms with Crippen molar-refractivity contribution in [3.05, 3.63) is 29.8 Å². The molecule has 1 aliphatic carbocycles. The summed E-state index contributed by atoms with van der Waals surface area (Å²) >= 11 is 0. The second-order valence-corrected chi connectivity index (χ2v) is 6.72. The number of aromatic nitrogens is 1. The number of hydrogen-bond donors (Lipinski definition) is 1. The van der Waals surface area contributed by atoms with Gasteiger partial charge in [-0.3, -0.25) is 4.98 Å². The van der Waals surface area contributed by atoms with Crippen LogP contribution in [0.3, 0.4) is 0 Å². The number of nitrogens with one attached hydrogen (secondary N) is 1. The van der Waals surface area contributed by atoms with E-state index in [2.05, 4.69) is 31.1 Å². The molecule has 1 fully saturated rings. The van der Waals surface area contributed by atoms with E-state index in [1.807, 2.05) is 6.20 Å². The lowest BCUT2D eigenvalue weighted by molar-refractivity contribution is 0.269. The lowest BCUT2D eigenvalue weighted by Crippen LogP contribution is -2.41. The van der Waals surface area contributed by atoms with Crippen molar-refractivity contribution < 1.29 is 4.39 Å². The van der Waals surface area contributed by atoms with Crippen LogP contribution >= 0.6 is 0 Å². The minimum Gasteiger partial charge on any atom is -0.312 e. The lowest BCUT2D eigenvalue weighted by Gasteiger charge is -2.34. The van der Waals surface area contributed by atoms with Gasteiger partial charge in [0.25, 0.3) is 0 Å². The molecule has 0 radical (unpaired) electrons. The largest absolute Gasteiger partial charge is 0.312 e. The van der Waals surface area contributed by atoms with E-state index in [-0.39, 0.29) is 11.4 Å². The number of halogens is 1. The van der Waals surface area contributed by atoms with E-state index in [1.165, 1.54) is 25.5 Å². The highest BCUT2D eigenvalue weighted by atomic mass is 19.1. The average molecular weight is 264 g/mol. The van der Waals surface area contributed by atoms with Gasteiger partial charge in [-0.2, -0.15) is 0 Å². The van der Waals surface area contributed by atoms with Crippen molar-refractivity contribution in [1.82, 2.24) is 10.3 Å². The van der Waals surface area contributed by atoms with Crippen molar-refractivity contribution in [2.24, 2.45) is 5.92 Å². The molecule has 1 saturated carbocycles. The van der Waals surface area contributed by atoms with Gasteiger partial charge in [0.2, 0.25) is 0 Å². The predicted molar refractivity (Wildman–Crippen MR) is 76.6 cm³/mol. The normalized spacial score (nSPS) is 24.4. The minimum atomic E-state index is -0.217. The fourth-order valence-electron chi connectivity index (χ4n) is 2.96. The van der Waals surface area contributed by atoms with Crippen molar-refractivity contribution in [1.29, 1.82) is 0 Å². The second-order valence-electron chi connectivity index (χ2n) is 6.72. The van der Waals surface area contributed by atoms with Crippen LogP contribution in [0.5, 0.6) is 0 Å². The molecule has 1 heterocycles. The third kappa shape index (κ3) is 4.27. The van der Waals surface area contributed by atoms with Crippen LogP contribution < -0.4 is 5.32 Å². The summed E-state index contributed by atoms with van der Waals surface area (Å²) in [6.07, 6.45) is 8.03. The van der Waals surface area contributed by atoms with Gasteiger partial charge in [-0.25, -0.2) is 4.39 Å². The van der Waals surface area contributed by atoms with Crippen LogP contribution in [-0.2, 0) is 0 Å². The highest BCUT2D eigenvalue weighted by molar-refractivity contribution is 5.17. The third-order valence-electron chi connectivity index (χ3n) is 3.96. The molecule has 1 N–H and O–H groups in total. The first-order valence-electron chi connectivity index (χ1n) is 7.31. The predicted octanol–water partition coefficient (Wildman–Crippen LogP) is 3.88. The quantitative estimate of drug-likeness (QED) is 0.896. The summed E-state index contributed by atoms with van der Waals surface area (Å²) in [4.78, 5) is 4.01. The Hall–Kier alpha value is -0.960. The molecule has 1 aromatic rings. The maximum absolute atomic E-state index is 13.3. The Bertz CT molecular complexity index is 411. The van der Waals surface area contributed by atoms with Gasteiger partial charge in [-0.05, 0) is 63.6 Å². The van der Waals surface area contributed by atoms with Crippen molar-refractivity contribution in [2.45, 2.75) is 57.9 Å². The van der Waals surface area contributed by atoms with Crippen molar-refractivity contribution in [3.63, 3.8) is 0 Å². The van der Waals surface area contributed by atoms with E-state index < -0.39 is 0 Å². The molecule has 0 bridgehead atoms.